The molecule has 0 saturated carbocycles. The van der Waals surface area contributed by atoms with E-state index in [2.05, 4.69) is 9.88 Å². The molecule has 1 aliphatic rings. The zero-order valence-electron chi connectivity index (χ0n) is 14.8. The summed E-state index contributed by atoms with van der Waals surface area (Å²) in [5.41, 5.74) is 0.734. The van der Waals surface area contributed by atoms with Gasteiger partial charge in [-0.2, -0.15) is 0 Å². The van der Waals surface area contributed by atoms with Crippen molar-refractivity contribution in [2.45, 2.75) is 29.3 Å². The average Bonchev–Trinajstić information content (AvgIpc) is 3.00. The Hall–Kier alpha value is -1.76. The van der Waals surface area contributed by atoms with Gasteiger partial charge < -0.3 is 10.0 Å². The monoisotopic (exact) mass is 391 g/mol. The van der Waals surface area contributed by atoms with Crippen molar-refractivity contribution >= 4 is 29.3 Å². The lowest BCUT2D eigenvalue weighted by atomic mass is 10.1. The van der Waals surface area contributed by atoms with Gasteiger partial charge in [0.25, 0.3) is 0 Å². The van der Waals surface area contributed by atoms with Crippen LogP contribution in [0.5, 0.6) is 5.75 Å². The maximum absolute atomic E-state index is 12.7. The molecule has 138 valence electrons. The van der Waals surface area contributed by atoms with E-state index in [1.165, 1.54) is 0 Å². The molecule has 1 aromatic heterocycles. The van der Waals surface area contributed by atoms with Gasteiger partial charge in [0.1, 0.15) is 5.75 Å². The number of hydrogen-bond acceptors (Lipinski definition) is 5. The number of rotatable bonds is 5. The summed E-state index contributed by atoms with van der Waals surface area (Å²) in [4.78, 5) is 20.8. The molecule has 0 unspecified atom stereocenters. The number of likely N-dealkylation sites (N-methyl/N-ethyl adjacent to an activating group) is 1. The van der Waals surface area contributed by atoms with Crippen LogP contribution in [0.3, 0.4) is 0 Å². The van der Waals surface area contributed by atoms with Crippen LogP contribution in [0.2, 0.25) is 5.02 Å². The second-order valence-corrected chi connectivity index (χ2v) is 8.35. The Morgan fingerprint density at radius 2 is 2.19 bits per heavy atom. The van der Waals surface area contributed by atoms with Gasteiger partial charge >= 0.3 is 0 Å². The molecule has 2 atom stereocenters. The number of carbonyl (C=O) groups is 1. The van der Waals surface area contributed by atoms with E-state index in [4.69, 9.17) is 11.6 Å². The molecule has 1 amide bonds. The average molecular weight is 392 g/mol. The lowest BCUT2D eigenvalue weighted by Crippen LogP contribution is -2.42. The van der Waals surface area contributed by atoms with E-state index < -0.39 is 0 Å². The van der Waals surface area contributed by atoms with Gasteiger partial charge in [0.2, 0.25) is 5.91 Å². The first kappa shape index (κ1) is 19.0. The van der Waals surface area contributed by atoms with E-state index in [1.54, 1.807) is 55.2 Å². The molecule has 2 heterocycles. The Morgan fingerprint density at radius 1 is 1.38 bits per heavy atom. The molecule has 1 N–H and O–H groups in total. The van der Waals surface area contributed by atoms with Crippen LogP contribution in [0.1, 0.15) is 12.0 Å². The summed E-state index contributed by atoms with van der Waals surface area (Å²) in [5.74, 6) is 0.280. The van der Waals surface area contributed by atoms with Crippen molar-refractivity contribution in [2.75, 3.05) is 20.6 Å². The summed E-state index contributed by atoms with van der Waals surface area (Å²) < 4.78 is 0. The predicted octanol–water partition coefficient (Wildman–Crippen LogP) is 3.26. The van der Waals surface area contributed by atoms with Gasteiger partial charge in [-0.25, -0.2) is 4.98 Å². The van der Waals surface area contributed by atoms with Crippen molar-refractivity contribution in [1.82, 2.24) is 14.8 Å². The standard InChI is InChI=1S/C19H22ClN3O2S/c1-22(2)19(25)16-10-15(26-18-5-3-4-8-21-18)12-23(16)11-13-9-14(20)6-7-17(13)24/h3-9,15-16,24H,10-12H2,1-2H3/t15-,16+/m1/s1. The number of nitrogens with zero attached hydrogens (tertiary/aromatic N) is 3. The topological polar surface area (TPSA) is 56.7 Å². The summed E-state index contributed by atoms with van der Waals surface area (Å²) in [6.45, 7) is 1.23. The Bertz CT molecular complexity index is 773. The number of hydrogen-bond donors (Lipinski definition) is 1. The molecule has 0 bridgehead atoms. The van der Waals surface area contributed by atoms with Gasteiger partial charge in [0.05, 0.1) is 11.1 Å². The third-order valence-electron chi connectivity index (χ3n) is 4.43. The summed E-state index contributed by atoms with van der Waals surface area (Å²) >= 11 is 7.76. The highest BCUT2D eigenvalue weighted by atomic mass is 35.5. The number of halogens is 1. The Morgan fingerprint density at radius 3 is 2.88 bits per heavy atom. The van der Waals surface area contributed by atoms with Gasteiger partial charge in [0.15, 0.2) is 0 Å². The molecule has 0 spiro atoms. The molecule has 0 aliphatic carbocycles. The number of aromatic hydroxyl groups is 1. The number of aromatic nitrogens is 1. The molecule has 7 heteroatoms. The highest BCUT2D eigenvalue weighted by Crippen LogP contribution is 2.34. The van der Waals surface area contributed by atoms with Crippen LogP contribution in [0.4, 0.5) is 0 Å². The number of carbonyl (C=O) groups excluding carboxylic acids is 1. The normalized spacial score (nSPS) is 20.3. The van der Waals surface area contributed by atoms with Crippen LogP contribution in [0, 0.1) is 0 Å². The lowest BCUT2D eigenvalue weighted by molar-refractivity contribution is -0.133. The van der Waals surface area contributed by atoms with Crippen molar-refractivity contribution in [3.8, 4) is 5.75 Å². The van der Waals surface area contributed by atoms with Crippen molar-refractivity contribution in [3.05, 3.63) is 53.2 Å². The third-order valence-corrected chi connectivity index (χ3v) is 5.82. The molecule has 26 heavy (non-hydrogen) atoms. The summed E-state index contributed by atoms with van der Waals surface area (Å²) in [5, 5.41) is 11.9. The van der Waals surface area contributed by atoms with Gasteiger partial charge in [-0.05, 0) is 36.8 Å². The first-order chi connectivity index (χ1) is 12.4. The first-order valence-corrected chi connectivity index (χ1v) is 9.70. The zero-order chi connectivity index (χ0) is 18.7. The third kappa shape index (κ3) is 4.50. The minimum absolute atomic E-state index is 0.0793. The zero-order valence-corrected chi connectivity index (χ0v) is 16.4. The molecular weight excluding hydrogens is 370 g/mol. The second-order valence-electron chi connectivity index (χ2n) is 6.59. The minimum Gasteiger partial charge on any atom is -0.508 e. The number of thioether (sulfide) groups is 1. The quantitative estimate of drug-likeness (QED) is 0.847. The fourth-order valence-electron chi connectivity index (χ4n) is 3.16. The van der Waals surface area contributed by atoms with Gasteiger partial charge in [0, 0.05) is 49.2 Å². The summed E-state index contributed by atoms with van der Waals surface area (Å²) in [6, 6.07) is 10.6. The van der Waals surface area contributed by atoms with Gasteiger partial charge in [-0.3, -0.25) is 9.69 Å². The van der Waals surface area contributed by atoms with Gasteiger partial charge in [-0.15, -0.1) is 11.8 Å². The number of phenols is 1. The van der Waals surface area contributed by atoms with E-state index in [1.807, 2.05) is 18.2 Å². The molecule has 0 radical (unpaired) electrons. The number of pyridine rings is 1. The Kier molecular flexibility index (Phi) is 6.06. The molecule has 5 nitrogen and oxygen atoms in total. The number of likely N-dealkylation sites (tertiary alicyclic amines) is 1. The van der Waals surface area contributed by atoms with Crippen LogP contribution >= 0.6 is 23.4 Å². The lowest BCUT2D eigenvalue weighted by Gasteiger charge is -2.26. The number of benzene rings is 1. The van der Waals surface area contributed by atoms with E-state index >= 15 is 0 Å². The predicted molar refractivity (Wildman–Crippen MR) is 105 cm³/mol. The molecular formula is C19H22ClN3O2S. The maximum atomic E-state index is 12.7. The van der Waals surface area contributed by atoms with Crippen LogP contribution in [-0.4, -0.2) is 57.7 Å². The Labute approximate surface area is 163 Å². The van der Waals surface area contributed by atoms with Crippen LogP contribution in [0.25, 0.3) is 0 Å². The highest BCUT2D eigenvalue weighted by molar-refractivity contribution is 7.99. The Balaban J connectivity index is 1.78. The molecule has 1 aliphatic heterocycles. The first-order valence-electron chi connectivity index (χ1n) is 8.44. The number of phenolic OH excluding ortho intramolecular Hbond substituents is 1. The largest absolute Gasteiger partial charge is 0.508 e. The number of amides is 1. The van der Waals surface area contributed by atoms with Crippen LogP contribution in [0.15, 0.2) is 47.6 Å². The van der Waals surface area contributed by atoms with E-state index in [-0.39, 0.29) is 22.9 Å². The summed E-state index contributed by atoms with van der Waals surface area (Å²) in [7, 11) is 3.55. The van der Waals surface area contributed by atoms with Gasteiger partial charge in [-0.1, -0.05) is 17.7 Å². The van der Waals surface area contributed by atoms with Crippen molar-refractivity contribution in [2.24, 2.45) is 0 Å². The van der Waals surface area contributed by atoms with Crippen molar-refractivity contribution in [1.29, 1.82) is 0 Å². The SMILES string of the molecule is CN(C)C(=O)[C@@H]1C[C@@H](Sc2ccccn2)CN1Cc1cc(Cl)ccc1O. The fourth-order valence-corrected chi connectivity index (χ4v) is 4.52. The molecule has 3 rings (SSSR count). The minimum atomic E-state index is -0.218. The highest BCUT2D eigenvalue weighted by Gasteiger charge is 2.38. The van der Waals surface area contributed by atoms with E-state index in [9.17, 15) is 9.90 Å². The maximum Gasteiger partial charge on any atom is 0.239 e. The molecule has 1 aromatic carbocycles. The van der Waals surface area contributed by atoms with E-state index in [0.29, 0.717) is 11.6 Å². The molecule has 2 aromatic rings. The molecule has 1 saturated heterocycles. The smallest absolute Gasteiger partial charge is 0.239 e. The van der Waals surface area contributed by atoms with Crippen molar-refractivity contribution in [3.63, 3.8) is 0 Å². The van der Waals surface area contributed by atoms with Crippen LogP contribution in [-0.2, 0) is 11.3 Å². The van der Waals surface area contributed by atoms with Crippen LogP contribution < -0.4 is 0 Å². The summed E-state index contributed by atoms with van der Waals surface area (Å²) in [6.07, 6.45) is 2.53. The second kappa shape index (κ2) is 8.29. The van der Waals surface area contributed by atoms with E-state index in [0.717, 1.165) is 23.6 Å². The molecule has 1 fully saturated rings. The van der Waals surface area contributed by atoms with Crippen molar-refractivity contribution < 1.29 is 9.90 Å². The fraction of sp³-hybridized carbons (Fsp3) is 0.368.